The Morgan fingerprint density at radius 1 is 1.17 bits per heavy atom. The minimum absolute atomic E-state index is 0.159. The number of benzene rings is 2. The third kappa shape index (κ3) is 3.54. The fraction of sp³-hybridized carbons (Fsp3) is 0.190. The molecule has 0 saturated carbocycles. The maximum atomic E-state index is 14.5. The van der Waals surface area contributed by atoms with Gasteiger partial charge in [0.1, 0.15) is 11.6 Å². The molecule has 3 aromatic rings. The standard InChI is InChI=1S/C21H18F2N4O2/c22-13-7-8-15(16(23)11-13)20(27-18(28)6-3-9-25-27)21(29)26-17-10-12-4-1-2-5-14(12)19(17)24/h1-9,11,17,19-20H,10,24H2,(H,26,29)/t17-,19-,20?/m0/s1. The summed E-state index contributed by atoms with van der Waals surface area (Å²) < 4.78 is 28.8. The van der Waals surface area contributed by atoms with Crippen LogP contribution in [0.5, 0.6) is 0 Å². The molecule has 0 radical (unpaired) electrons. The SMILES string of the molecule is N[C@H]1c2ccccc2C[C@@H]1NC(=O)C(c1ccc(F)cc1F)n1ncccc1=O. The molecular weight excluding hydrogens is 378 g/mol. The lowest BCUT2D eigenvalue weighted by molar-refractivity contribution is -0.124. The van der Waals surface area contributed by atoms with E-state index in [2.05, 4.69) is 10.4 Å². The molecule has 148 valence electrons. The van der Waals surface area contributed by atoms with Gasteiger partial charge in [0.05, 0.1) is 12.1 Å². The van der Waals surface area contributed by atoms with Crippen LogP contribution in [0.25, 0.3) is 0 Å². The summed E-state index contributed by atoms with van der Waals surface area (Å²) in [4.78, 5) is 25.5. The highest BCUT2D eigenvalue weighted by molar-refractivity contribution is 5.84. The Labute approximate surface area is 165 Å². The van der Waals surface area contributed by atoms with Gasteiger partial charge in [-0.05, 0) is 29.7 Å². The molecule has 3 atom stereocenters. The lowest BCUT2D eigenvalue weighted by Crippen LogP contribution is -2.46. The molecule has 1 aliphatic carbocycles. The van der Waals surface area contributed by atoms with E-state index in [1.807, 2.05) is 24.3 Å². The van der Waals surface area contributed by atoms with E-state index in [9.17, 15) is 18.4 Å². The molecule has 8 heteroatoms. The van der Waals surface area contributed by atoms with Crippen molar-refractivity contribution < 1.29 is 13.6 Å². The summed E-state index contributed by atoms with van der Waals surface area (Å²) in [6, 6.07) is 10.8. The monoisotopic (exact) mass is 396 g/mol. The maximum Gasteiger partial charge on any atom is 0.267 e. The number of carbonyl (C=O) groups excluding carboxylic acids is 1. The van der Waals surface area contributed by atoms with Crippen LogP contribution < -0.4 is 16.6 Å². The molecule has 1 amide bonds. The minimum atomic E-state index is -1.40. The first-order valence-electron chi connectivity index (χ1n) is 9.08. The van der Waals surface area contributed by atoms with Gasteiger partial charge in [-0.1, -0.05) is 30.3 Å². The summed E-state index contributed by atoms with van der Waals surface area (Å²) >= 11 is 0. The Morgan fingerprint density at radius 3 is 2.69 bits per heavy atom. The number of fused-ring (bicyclic) bond motifs is 1. The highest BCUT2D eigenvalue weighted by atomic mass is 19.1. The molecule has 0 spiro atoms. The molecule has 3 N–H and O–H groups in total. The van der Waals surface area contributed by atoms with Crippen LogP contribution in [0.4, 0.5) is 8.78 Å². The zero-order valence-corrected chi connectivity index (χ0v) is 15.3. The van der Waals surface area contributed by atoms with Crippen molar-refractivity contribution in [2.24, 2.45) is 5.73 Å². The van der Waals surface area contributed by atoms with Crippen molar-refractivity contribution in [3.63, 3.8) is 0 Å². The number of hydrogen-bond acceptors (Lipinski definition) is 4. The van der Waals surface area contributed by atoms with Gasteiger partial charge in [-0.25, -0.2) is 13.5 Å². The summed E-state index contributed by atoms with van der Waals surface area (Å²) in [6.07, 6.45) is 1.83. The Hall–Kier alpha value is -3.39. The molecule has 1 unspecified atom stereocenters. The van der Waals surface area contributed by atoms with Crippen LogP contribution in [-0.2, 0) is 11.2 Å². The third-order valence-corrected chi connectivity index (χ3v) is 5.11. The molecule has 29 heavy (non-hydrogen) atoms. The van der Waals surface area contributed by atoms with Gasteiger partial charge in [-0.3, -0.25) is 9.59 Å². The first-order valence-corrected chi connectivity index (χ1v) is 9.08. The number of carbonyl (C=O) groups is 1. The number of nitrogens with one attached hydrogen (secondary N) is 1. The predicted octanol–water partition coefficient (Wildman–Crippen LogP) is 1.85. The number of nitrogens with zero attached hydrogens (tertiary/aromatic N) is 2. The van der Waals surface area contributed by atoms with Gasteiger partial charge < -0.3 is 11.1 Å². The van der Waals surface area contributed by atoms with Gasteiger partial charge >= 0.3 is 0 Å². The van der Waals surface area contributed by atoms with Gasteiger partial charge in [0.15, 0.2) is 6.04 Å². The second-order valence-corrected chi connectivity index (χ2v) is 6.92. The Kier molecular flexibility index (Phi) is 4.94. The molecule has 1 heterocycles. The van der Waals surface area contributed by atoms with E-state index in [0.29, 0.717) is 12.5 Å². The van der Waals surface area contributed by atoms with E-state index < -0.39 is 41.2 Å². The molecule has 1 aliphatic rings. The highest BCUT2D eigenvalue weighted by Gasteiger charge is 2.34. The fourth-order valence-electron chi connectivity index (χ4n) is 3.70. The maximum absolute atomic E-state index is 14.5. The normalized spacial score (nSPS) is 18.9. The molecule has 2 aromatic carbocycles. The molecule has 0 aliphatic heterocycles. The summed E-state index contributed by atoms with van der Waals surface area (Å²) in [6.45, 7) is 0. The van der Waals surface area contributed by atoms with E-state index in [1.54, 1.807) is 0 Å². The van der Waals surface area contributed by atoms with E-state index in [1.165, 1.54) is 18.3 Å². The van der Waals surface area contributed by atoms with Crippen molar-refractivity contribution in [1.82, 2.24) is 15.1 Å². The molecule has 0 bridgehead atoms. The number of aromatic nitrogens is 2. The van der Waals surface area contributed by atoms with E-state index in [0.717, 1.165) is 27.9 Å². The second-order valence-electron chi connectivity index (χ2n) is 6.92. The number of rotatable bonds is 4. The zero-order chi connectivity index (χ0) is 20.5. The van der Waals surface area contributed by atoms with Gasteiger partial charge in [0.2, 0.25) is 5.91 Å². The lowest BCUT2D eigenvalue weighted by Gasteiger charge is -2.23. The van der Waals surface area contributed by atoms with Crippen LogP contribution in [-0.4, -0.2) is 21.7 Å². The average Bonchev–Trinajstić information content (AvgIpc) is 3.01. The smallest absolute Gasteiger partial charge is 0.267 e. The van der Waals surface area contributed by atoms with Crippen molar-refractivity contribution in [2.75, 3.05) is 0 Å². The Bertz CT molecular complexity index is 1130. The van der Waals surface area contributed by atoms with Gasteiger partial charge in [-0.15, -0.1) is 0 Å². The molecule has 0 fully saturated rings. The fourth-order valence-corrected chi connectivity index (χ4v) is 3.70. The number of halogens is 2. The summed E-state index contributed by atoms with van der Waals surface area (Å²) in [5.41, 5.74) is 7.47. The summed E-state index contributed by atoms with van der Waals surface area (Å²) in [5.74, 6) is -2.38. The largest absolute Gasteiger partial charge is 0.349 e. The molecule has 0 saturated heterocycles. The lowest BCUT2D eigenvalue weighted by atomic mass is 10.0. The van der Waals surface area contributed by atoms with E-state index in [4.69, 9.17) is 5.73 Å². The number of amides is 1. The second kappa shape index (κ2) is 7.56. The van der Waals surface area contributed by atoms with Crippen LogP contribution in [0.3, 0.4) is 0 Å². The van der Waals surface area contributed by atoms with Gasteiger partial charge in [-0.2, -0.15) is 5.10 Å². The summed E-state index contributed by atoms with van der Waals surface area (Å²) in [5, 5.41) is 6.74. The summed E-state index contributed by atoms with van der Waals surface area (Å²) in [7, 11) is 0. The van der Waals surface area contributed by atoms with E-state index >= 15 is 0 Å². The van der Waals surface area contributed by atoms with Crippen LogP contribution in [0.2, 0.25) is 0 Å². The zero-order valence-electron chi connectivity index (χ0n) is 15.3. The quantitative estimate of drug-likeness (QED) is 0.704. The molecule has 6 nitrogen and oxygen atoms in total. The van der Waals surface area contributed by atoms with Crippen molar-refractivity contribution in [2.45, 2.75) is 24.5 Å². The topological polar surface area (TPSA) is 90.0 Å². The van der Waals surface area contributed by atoms with Crippen molar-refractivity contribution >= 4 is 5.91 Å². The number of hydrogen-bond donors (Lipinski definition) is 2. The third-order valence-electron chi connectivity index (χ3n) is 5.11. The first kappa shape index (κ1) is 18.9. The van der Waals surface area contributed by atoms with Crippen molar-refractivity contribution in [3.05, 3.63) is 99.5 Å². The van der Waals surface area contributed by atoms with Gasteiger partial charge in [0, 0.05) is 23.9 Å². The van der Waals surface area contributed by atoms with Crippen LogP contribution in [0.1, 0.15) is 28.8 Å². The molecule has 4 rings (SSSR count). The van der Waals surface area contributed by atoms with Gasteiger partial charge in [0.25, 0.3) is 5.56 Å². The van der Waals surface area contributed by atoms with Crippen LogP contribution in [0, 0.1) is 11.6 Å². The Morgan fingerprint density at radius 2 is 1.97 bits per heavy atom. The molecule has 1 aromatic heterocycles. The van der Waals surface area contributed by atoms with Crippen LogP contribution >= 0.6 is 0 Å². The molecular formula is C21H18F2N4O2. The minimum Gasteiger partial charge on any atom is -0.349 e. The number of nitrogens with two attached hydrogens (primary N) is 1. The van der Waals surface area contributed by atoms with Crippen LogP contribution in [0.15, 0.2) is 65.6 Å². The first-order chi connectivity index (χ1) is 14.0. The highest BCUT2D eigenvalue weighted by Crippen LogP contribution is 2.30. The predicted molar refractivity (Wildman–Crippen MR) is 102 cm³/mol. The van der Waals surface area contributed by atoms with Crippen molar-refractivity contribution in [3.8, 4) is 0 Å². The van der Waals surface area contributed by atoms with Crippen molar-refractivity contribution in [1.29, 1.82) is 0 Å². The average molecular weight is 396 g/mol. The van der Waals surface area contributed by atoms with E-state index in [-0.39, 0.29) is 5.56 Å². The Balaban J connectivity index is 1.69.